The molecule has 9 heteroatoms. The minimum atomic E-state index is -0.655. The molecule has 0 bridgehead atoms. The minimum Gasteiger partial charge on any atom is -0.493 e. The quantitative estimate of drug-likeness (QED) is 0.218. The number of Topliss-reactive ketones (excluding diaryl/α,β-unsaturated/α-hetero) is 1. The van der Waals surface area contributed by atoms with Crippen molar-refractivity contribution in [3.63, 3.8) is 0 Å². The lowest BCUT2D eigenvalue weighted by Crippen LogP contribution is -2.12. The van der Waals surface area contributed by atoms with Gasteiger partial charge in [-0.15, -0.1) is 0 Å². The number of rotatable bonds is 10. The molecule has 0 fully saturated rings. The van der Waals surface area contributed by atoms with Crippen LogP contribution in [-0.4, -0.2) is 29.9 Å². The molecular formula is C28H22F3NO4S. The first kappa shape index (κ1) is 26.1. The van der Waals surface area contributed by atoms with Crippen molar-refractivity contribution in [1.82, 2.24) is 4.98 Å². The van der Waals surface area contributed by atoms with Crippen LogP contribution in [0, 0.1) is 17.5 Å². The molecule has 0 atom stereocenters. The van der Waals surface area contributed by atoms with E-state index in [1.54, 1.807) is 30.5 Å². The molecule has 4 rings (SSSR count). The van der Waals surface area contributed by atoms with Crippen molar-refractivity contribution in [1.29, 1.82) is 0 Å². The van der Waals surface area contributed by atoms with Crippen molar-refractivity contribution < 1.29 is 32.2 Å². The van der Waals surface area contributed by atoms with Gasteiger partial charge in [-0.1, -0.05) is 18.3 Å². The van der Waals surface area contributed by atoms with Gasteiger partial charge in [-0.05, 0) is 53.6 Å². The number of benzene rings is 3. The summed E-state index contributed by atoms with van der Waals surface area (Å²) in [5.41, 5.74) is 1.10. The number of pyridine rings is 1. The monoisotopic (exact) mass is 525 g/mol. The van der Waals surface area contributed by atoms with Gasteiger partial charge >= 0.3 is 0 Å². The topological polar surface area (TPSA) is 57.7 Å². The van der Waals surface area contributed by atoms with Gasteiger partial charge in [-0.3, -0.25) is 9.78 Å². The Morgan fingerprint density at radius 3 is 2.32 bits per heavy atom. The Labute approximate surface area is 216 Å². The molecule has 0 aliphatic carbocycles. The van der Waals surface area contributed by atoms with E-state index >= 15 is 0 Å². The van der Waals surface area contributed by atoms with Crippen molar-refractivity contribution >= 4 is 33.8 Å². The number of aromatic nitrogens is 1. The number of halogens is 3. The summed E-state index contributed by atoms with van der Waals surface area (Å²) >= 11 is 5.29. The Kier molecular flexibility index (Phi) is 8.03. The lowest BCUT2D eigenvalue weighted by Gasteiger charge is -2.13. The van der Waals surface area contributed by atoms with Gasteiger partial charge in [0.1, 0.15) is 23.2 Å². The number of hydrogen-bond donors (Lipinski definition) is 0. The molecule has 0 radical (unpaired) electrons. The van der Waals surface area contributed by atoms with Gasteiger partial charge in [0.15, 0.2) is 23.1 Å². The van der Waals surface area contributed by atoms with E-state index in [0.29, 0.717) is 38.6 Å². The first-order chi connectivity index (χ1) is 17.8. The first-order valence-corrected chi connectivity index (χ1v) is 11.6. The van der Waals surface area contributed by atoms with Gasteiger partial charge in [0.2, 0.25) is 0 Å². The van der Waals surface area contributed by atoms with Gasteiger partial charge in [0.05, 0.1) is 19.7 Å². The highest BCUT2D eigenvalue weighted by Crippen LogP contribution is 2.37. The molecule has 0 amide bonds. The Morgan fingerprint density at radius 1 is 0.838 bits per heavy atom. The zero-order valence-electron chi connectivity index (χ0n) is 20.0. The molecule has 0 spiro atoms. The van der Waals surface area contributed by atoms with Crippen LogP contribution in [0.3, 0.4) is 0 Å². The maximum Gasteiger partial charge on any atom is 0.166 e. The number of methoxy groups -OCH3 is 2. The molecule has 3 aromatic carbocycles. The summed E-state index contributed by atoms with van der Waals surface area (Å²) in [6.45, 7) is 0. The Balaban J connectivity index is 1.44. The molecule has 4 aromatic rings. The number of thiocarbonyl (C=S) groups is 1. The molecule has 0 unspecified atom stereocenters. The molecular weight excluding hydrogens is 503 g/mol. The van der Waals surface area contributed by atoms with Gasteiger partial charge in [0.25, 0.3) is 0 Å². The average molecular weight is 526 g/mol. The molecule has 0 N–H and O–H groups in total. The molecule has 1 aromatic heterocycles. The third-order valence-electron chi connectivity index (χ3n) is 5.61. The smallest absolute Gasteiger partial charge is 0.166 e. The van der Waals surface area contributed by atoms with Crippen LogP contribution >= 0.6 is 12.2 Å². The molecule has 0 saturated heterocycles. The molecule has 1 heterocycles. The van der Waals surface area contributed by atoms with Crippen LogP contribution in [0.4, 0.5) is 13.2 Å². The molecule has 0 aliphatic rings. The van der Waals surface area contributed by atoms with Crippen LogP contribution in [0.2, 0.25) is 0 Å². The van der Waals surface area contributed by atoms with Gasteiger partial charge in [-0.25, -0.2) is 13.2 Å². The third kappa shape index (κ3) is 6.24. The van der Waals surface area contributed by atoms with Crippen LogP contribution in [-0.2, 0) is 17.6 Å². The van der Waals surface area contributed by atoms with Gasteiger partial charge in [-0.2, -0.15) is 0 Å². The number of nitrogens with zero attached hydrogens (tertiary/aromatic N) is 1. The molecule has 0 aliphatic heterocycles. The summed E-state index contributed by atoms with van der Waals surface area (Å²) in [6.07, 6.45) is 1.32. The van der Waals surface area contributed by atoms with Crippen LogP contribution in [0.1, 0.15) is 17.5 Å². The SMILES string of the molecule is COc1cc2nccc(Oc3ccc(CC(=S)CC(=O)Cc4cc(F)ccc4F)cc3F)c2cc1OC. The fourth-order valence-electron chi connectivity index (χ4n) is 3.86. The van der Waals surface area contributed by atoms with Crippen LogP contribution in [0.15, 0.2) is 60.8 Å². The Hall–Kier alpha value is -3.98. The van der Waals surface area contributed by atoms with Crippen molar-refractivity contribution in [2.24, 2.45) is 0 Å². The van der Waals surface area contributed by atoms with Gasteiger partial charge < -0.3 is 14.2 Å². The lowest BCUT2D eigenvalue weighted by molar-refractivity contribution is -0.117. The van der Waals surface area contributed by atoms with E-state index in [0.717, 1.165) is 18.2 Å². The summed E-state index contributed by atoms with van der Waals surface area (Å²) < 4.78 is 58.5. The number of hydrogen-bond acceptors (Lipinski definition) is 6. The van der Waals surface area contributed by atoms with Crippen LogP contribution < -0.4 is 14.2 Å². The second kappa shape index (κ2) is 11.4. The fraction of sp³-hybridized carbons (Fsp3) is 0.179. The second-order valence-corrected chi connectivity index (χ2v) is 8.82. The number of carbonyl (C=O) groups is 1. The first-order valence-electron chi connectivity index (χ1n) is 11.2. The molecule has 37 heavy (non-hydrogen) atoms. The largest absolute Gasteiger partial charge is 0.493 e. The van der Waals surface area contributed by atoms with Gasteiger partial charge in [0, 0.05) is 41.8 Å². The number of fused-ring (bicyclic) bond motifs is 1. The van der Waals surface area contributed by atoms with E-state index in [1.165, 1.54) is 26.4 Å². The lowest BCUT2D eigenvalue weighted by atomic mass is 10.0. The number of ether oxygens (including phenoxy) is 3. The van der Waals surface area contributed by atoms with E-state index in [1.807, 2.05) is 0 Å². The number of ketones is 1. The van der Waals surface area contributed by atoms with Crippen LogP contribution in [0.5, 0.6) is 23.0 Å². The van der Waals surface area contributed by atoms with E-state index < -0.39 is 17.5 Å². The second-order valence-electron chi connectivity index (χ2n) is 8.24. The highest BCUT2D eigenvalue weighted by atomic mass is 32.1. The van der Waals surface area contributed by atoms with E-state index in [-0.39, 0.29) is 36.4 Å². The third-order valence-corrected chi connectivity index (χ3v) is 5.90. The van der Waals surface area contributed by atoms with Crippen molar-refractivity contribution in [2.45, 2.75) is 19.3 Å². The normalized spacial score (nSPS) is 10.8. The summed E-state index contributed by atoms with van der Waals surface area (Å²) in [5, 5.41) is 0.609. The minimum absolute atomic E-state index is 0.00499. The zero-order chi connectivity index (χ0) is 26.5. The van der Waals surface area contributed by atoms with E-state index in [9.17, 15) is 18.0 Å². The predicted molar refractivity (Wildman–Crippen MR) is 137 cm³/mol. The standard InChI is InChI=1S/C28H22F3NO4S/c1-34-27-14-21-24(15-28(27)35-2)32-8-7-25(21)36-26-6-3-16(10-23(26)31)9-20(37)13-19(33)12-17-11-18(29)4-5-22(17)30/h3-8,10-11,14-15H,9,12-13H2,1-2H3. The highest BCUT2D eigenvalue weighted by Gasteiger charge is 2.15. The maximum atomic E-state index is 14.9. The zero-order valence-corrected chi connectivity index (χ0v) is 20.8. The summed E-state index contributed by atoms with van der Waals surface area (Å²) in [5.74, 6) is -0.887. The molecule has 5 nitrogen and oxygen atoms in total. The highest BCUT2D eigenvalue weighted by molar-refractivity contribution is 7.80. The van der Waals surface area contributed by atoms with Crippen molar-refractivity contribution in [3.05, 3.63) is 89.4 Å². The molecule has 0 saturated carbocycles. The Bertz CT molecular complexity index is 1490. The summed E-state index contributed by atoms with van der Waals surface area (Å²) in [7, 11) is 3.03. The van der Waals surface area contributed by atoms with Crippen LogP contribution in [0.25, 0.3) is 10.9 Å². The summed E-state index contributed by atoms with van der Waals surface area (Å²) in [4.78, 5) is 17.0. The average Bonchev–Trinajstić information content (AvgIpc) is 2.87. The Morgan fingerprint density at radius 2 is 1.59 bits per heavy atom. The van der Waals surface area contributed by atoms with E-state index in [2.05, 4.69) is 4.98 Å². The number of carbonyl (C=O) groups excluding carboxylic acids is 1. The predicted octanol–water partition coefficient (Wildman–Crippen LogP) is 6.58. The molecule has 190 valence electrons. The maximum absolute atomic E-state index is 14.9. The van der Waals surface area contributed by atoms with Crippen molar-refractivity contribution in [3.8, 4) is 23.0 Å². The van der Waals surface area contributed by atoms with E-state index in [4.69, 9.17) is 26.4 Å². The fourth-order valence-corrected chi connectivity index (χ4v) is 4.18. The summed E-state index contributed by atoms with van der Waals surface area (Å²) in [6, 6.07) is 12.4. The van der Waals surface area contributed by atoms with Crippen molar-refractivity contribution in [2.75, 3.05) is 14.2 Å².